The smallest absolute Gasteiger partial charge is 0.220 e. The number of ether oxygens (including phenoxy) is 1. The van der Waals surface area contributed by atoms with Gasteiger partial charge in [0.25, 0.3) is 0 Å². The third-order valence-electron chi connectivity index (χ3n) is 3.94. The zero-order valence-corrected chi connectivity index (χ0v) is 14.8. The summed E-state index contributed by atoms with van der Waals surface area (Å²) >= 11 is 0. The molecule has 0 saturated heterocycles. The number of amides is 1. The van der Waals surface area contributed by atoms with Crippen molar-refractivity contribution in [2.24, 2.45) is 0 Å². The third kappa shape index (κ3) is 7.66. The molecule has 0 aliphatic rings. The molecular weight excluding hydrogens is 312 g/mol. The SMILES string of the molecule is COc1ccc(CCCCCC(=O)NC/C=C/c2cccnc2)cc1. The molecule has 1 aromatic heterocycles. The van der Waals surface area contributed by atoms with E-state index in [1.54, 1.807) is 19.5 Å². The summed E-state index contributed by atoms with van der Waals surface area (Å²) < 4.78 is 5.15. The predicted octanol–water partition coefficient (Wildman–Crippen LogP) is 4.02. The van der Waals surface area contributed by atoms with Crippen LogP contribution in [0.5, 0.6) is 5.75 Å². The summed E-state index contributed by atoms with van der Waals surface area (Å²) in [5, 5.41) is 2.91. The molecule has 1 N–H and O–H groups in total. The Hall–Kier alpha value is -2.62. The molecular formula is C21H26N2O2. The summed E-state index contributed by atoms with van der Waals surface area (Å²) in [6.07, 6.45) is 12.2. The molecule has 1 heterocycles. The lowest BCUT2D eigenvalue weighted by molar-refractivity contribution is -0.121. The average Bonchev–Trinajstić information content (AvgIpc) is 2.66. The van der Waals surface area contributed by atoms with E-state index in [0.717, 1.165) is 37.0 Å². The number of aromatic nitrogens is 1. The van der Waals surface area contributed by atoms with Gasteiger partial charge in [-0.25, -0.2) is 0 Å². The Balaban J connectivity index is 1.52. The minimum absolute atomic E-state index is 0.111. The van der Waals surface area contributed by atoms with Gasteiger partial charge in [0.15, 0.2) is 0 Å². The summed E-state index contributed by atoms with van der Waals surface area (Å²) in [7, 11) is 1.68. The van der Waals surface area contributed by atoms with Gasteiger partial charge in [0, 0.05) is 25.4 Å². The van der Waals surface area contributed by atoms with Crippen molar-refractivity contribution < 1.29 is 9.53 Å². The number of carbonyl (C=O) groups is 1. The van der Waals surface area contributed by atoms with Crippen molar-refractivity contribution in [2.45, 2.75) is 32.1 Å². The van der Waals surface area contributed by atoms with Gasteiger partial charge < -0.3 is 10.1 Å². The Kier molecular flexibility index (Phi) is 8.25. The Bertz CT molecular complexity index is 651. The number of pyridine rings is 1. The number of hydrogen-bond donors (Lipinski definition) is 1. The fourth-order valence-corrected chi connectivity index (χ4v) is 2.51. The molecule has 0 fully saturated rings. The van der Waals surface area contributed by atoms with E-state index in [1.807, 2.05) is 36.4 Å². The van der Waals surface area contributed by atoms with Crippen LogP contribution >= 0.6 is 0 Å². The summed E-state index contributed by atoms with van der Waals surface area (Å²) in [4.78, 5) is 15.8. The van der Waals surface area contributed by atoms with Crippen molar-refractivity contribution in [1.29, 1.82) is 0 Å². The lowest BCUT2D eigenvalue weighted by Crippen LogP contribution is -2.22. The molecule has 1 amide bonds. The van der Waals surface area contributed by atoms with E-state index >= 15 is 0 Å². The van der Waals surface area contributed by atoms with Crippen LogP contribution in [-0.2, 0) is 11.2 Å². The first-order valence-electron chi connectivity index (χ1n) is 8.74. The minimum Gasteiger partial charge on any atom is -0.497 e. The Morgan fingerprint density at radius 3 is 2.72 bits per heavy atom. The van der Waals surface area contributed by atoms with Crippen LogP contribution in [0.1, 0.15) is 36.8 Å². The van der Waals surface area contributed by atoms with E-state index in [0.29, 0.717) is 13.0 Å². The van der Waals surface area contributed by atoms with Crippen LogP contribution < -0.4 is 10.1 Å². The fourth-order valence-electron chi connectivity index (χ4n) is 2.51. The third-order valence-corrected chi connectivity index (χ3v) is 3.94. The number of nitrogens with zero attached hydrogens (tertiary/aromatic N) is 1. The van der Waals surface area contributed by atoms with Crippen molar-refractivity contribution in [3.05, 3.63) is 66.0 Å². The largest absolute Gasteiger partial charge is 0.497 e. The van der Waals surface area contributed by atoms with Gasteiger partial charge in [0.1, 0.15) is 5.75 Å². The molecule has 2 aromatic rings. The molecule has 0 radical (unpaired) electrons. The van der Waals surface area contributed by atoms with Gasteiger partial charge in [-0.1, -0.05) is 36.8 Å². The lowest BCUT2D eigenvalue weighted by atomic mass is 10.1. The van der Waals surface area contributed by atoms with Crippen LogP contribution in [0.4, 0.5) is 0 Å². The highest BCUT2D eigenvalue weighted by atomic mass is 16.5. The van der Waals surface area contributed by atoms with Crippen LogP contribution in [0.15, 0.2) is 54.9 Å². The number of aryl methyl sites for hydroxylation is 1. The van der Waals surface area contributed by atoms with Gasteiger partial charge in [-0.3, -0.25) is 9.78 Å². The number of rotatable bonds is 10. The van der Waals surface area contributed by atoms with Crippen LogP contribution in [-0.4, -0.2) is 24.5 Å². The molecule has 2 rings (SSSR count). The van der Waals surface area contributed by atoms with Gasteiger partial charge >= 0.3 is 0 Å². The second kappa shape index (κ2) is 11.0. The van der Waals surface area contributed by atoms with Crippen molar-refractivity contribution in [2.75, 3.05) is 13.7 Å². The van der Waals surface area contributed by atoms with Gasteiger partial charge in [0.05, 0.1) is 7.11 Å². The van der Waals surface area contributed by atoms with Crippen molar-refractivity contribution in [3.63, 3.8) is 0 Å². The molecule has 132 valence electrons. The molecule has 0 saturated carbocycles. The Morgan fingerprint density at radius 2 is 2.00 bits per heavy atom. The lowest BCUT2D eigenvalue weighted by Gasteiger charge is -2.04. The number of methoxy groups -OCH3 is 1. The van der Waals surface area contributed by atoms with Gasteiger partial charge in [-0.05, 0) is 48.6 Å². The molecule has 0 spiro atoms. The zero-order valence-electron chi connectivity index (χ0n) is 14.8. The summed E-state index contributed by atoms with van der Waals surface area (Å²) in [5.41, 5.74) is 2.35. The maximum Gasteiger partial charge on any atom is 0.220 e. The number of carbonyl (C=O) groups excluding carboxylic acids is 1. The molecule has 0 aliphatic carbocycles. The topological polar surface area (TPSA) is 51.2 Å². The standard InChI is InChI=1S/C21H26N2O2/c1-25-20-13-11-18(12-14-20)7-3-2-4-10-21(24)23-16-6-9-19-8-5-15-22-17-19/h5-6,8-9,11-15,17H,2-4,7,10,16H2,1H3,(H,23,24)/b9-6+. The van der Waals surface area contributed by atoms with Gasteiger partial charge in [0.2, 0.25) is 5.91 Å². The van der Waals surface area contributed by atoms with Crippen molar-refractivity contribution in [3.8, 4) is 5.75 Å². The molecule has 0 aliphatic heterocycles. The zero-order chi connectivity index (χ0) is 17.7. The average molecular weight is 338 g/mol. The van der Waals surface area contributed by atoms with E-state index in [-0.39, 0.29) is 5.91 Å². The molecule has 0 bridgehead atoms. The maximum absolute atomic E-state index is 11.8. The van der Waals surface area contributed by atoms with E-state index in [4.69, 9.17) is 4.74 Å². The molecule has 25 heavy (non-hydrogen) atoms. The van der Waals surface area contributed by atoms with E-state index in [9.17, 15) is 4.79 Å². The first kappa shape index (κ1) is 18.7. The maximum atomic E-state index is 11.8. The second-order valence-electron chi connectivity index (χ2n) is 5.90. The Morgan fingerprint density at radius 1 is 1.16 bits per heavy atom. The van der Waals surface area contributed by atoms with Crippen LogP contribution in [0, 0.1) is 0 Å². The normalized spacial score (nSPS) is 10.8. The molecule has 0 atom stereocenters. The van der Waals surface area contributed by atoms with Crippen molar-refractivity contribution >= 4 is 12.0 Å². The highest BCUT2D eigenvalue weighted by molar-refractivity contribution is 5.76. The number of hydrogen-bond acceptors (Lipinski definition) is 3. The first-order valence-corrected chi connectivity index (χ1v) is 8.74. The molecule has 4 heteroatoms. The molecule has 1 aromatic carbocycles. The van der Waals surface area contributed by atoms with Gasteiger partial charge in [-0.15, -0.1) is 0 Å². The molecule has 0 unspecified atom stereocenters. The second-order valence-corrected chi connectivity index (χ2v) is 5.90. The van der Waals surface area contributed by atoms with E-state index in [2.05, 4.69) is 22.4 Å². The summed E-state index contributed by atoms with van der Waals surface area (Å²) in [6.45, 7) is 0.555. The van der Waals surface area contributed by atoms with Crippen molar-refractivity contribution in [1.82, 2.24) is 10.3 Å². The highest BCUT2D eigenvalue weighted by Crippen LogP contribution is 2.13. The summed E-state index contributed by atoms with van der Waals surface area (Å²) in [6, 6.07) is 12.0. The number of nitrogens with one attached hydrogen (secondary N) is 1. The highest BCUT2D eigenvalue weighted by Gasteiger charge is 2.00. The van der Waals surface area contributed by atoms with Crippen LogP contribution in [0.3, 0.4) is 0 Å². The Labute approximate surface area is 149 Å². The first-order chi connectivity index (χ1) is 12.3. The monoisotopic (exact) mass is 338 g/mol. The predicted molar refractivity (Wildman–Crippen MR) is 101 cm³/mol. The minimum atomic E-state index is 0.111. The number of benzene rings is 1. The van der Waals surface area contributed by atoms with E-state index < -0.39 is 0 Å². The van der Waals surface area contributed by atoms with Gasteiger partial charge in [-0.2, -0.15) is 0 Å². The summed E-state index contributed by atoms with van der Waals surface area (Å²) in [5.74, 6) is 0.998. The number of unbranched alkanes of at least 4 members (excludes halogenated alkanes) is 2. The molecule has 4 nitrogen and oxygen atoms in total. The van der Waals surface area contributed by atoms with Crippen LogP contribution in [0.25, 0.3) is 6.08 Å². The quantitative estimate of drug-likeness (QED) is 0.666. The van der Waals surface area contributed by atoms with Crippen LogP contribution in [0.2, 0.25) is 0 Å². The van der Waals surface area contributed by atoms with E-state index in [1.165, 1.54) is 5.56 Å². The fraction of sp³-hybridized carbons (Fsp3) is 0.333.